The zero-order valence-electron chi connectivity index (χ0n) is 11.5. The Kier molecular flexibility index (Phi) is 4.90. The Morgan fingerprint density at radius 2 is 1.81 bits per heavy atom. The standard InChI is InChI=1S/C15H16F3NO2/c1-2-9-19-10-13-7-8-14(20-13)11-3-5-12(6-4-11)21-15(16,17)18/h3-8,19H,2,9-10H2,1H3. The van der Waals surface area contributed by atoms with Gasteiger partial charge in [-0.1, -0.05) is 6.92 Å². The van der Waals surface area contributed by atoms with Crippen LogP contribution < -0.4 is 10.1 Å². The van der Waals surface area contributed by atoms with E-state index in [9.17, 15) is 13.2 Å². The molecular weight excluding hydrogens is 283 g/mol. The van der Waals surface area contributed by atoms with Gasteiger partial charge in [0.05, 0.1) is 6.54 Å². The second-order valence-corrected chi connectivity index (χ2v) is 4.51. The van der Waals surface area contributed by atoms with E-state index in [1.54, 1.807) is 6.07 Å². The molecule has 0 radical (unpaired) electrons. The molecule has 0 saturated carbocycles. The lowest BCUT2D eigenvalue weighted by Gasteiger charge is -2.08. The van der Waals surface area contributed by atoms with E-state index in [2.05, 4.69) is 17.0 Å². The number of furan rings is 1. The van der Waals surface area contributed by atoms with Crippen LogP contribution in [0.2, 0.25) is 0 Å². The van der Waals surface area contributed by atoms with Gasteiger partial charge in [-0.15, -0.1) is 13.2 Å². The normalized spacial score (nSPS) is 11.6. The largest absolute Gasteiger partial charge is 0.573 e. The van der Waals surface area contributed by atoms with Crippen molar-refractivity contribution in [2.75, 3.05) is 6.54 Å². The van der Waals surface area contributed by atoms with Crippen molar-refractivity contribution in [1.82, 2.24) is 5.32 Å². The average molecular weight is 299 g/mol. The summed E-state index contributed by atoms with van der Waals surface area (Å²) in [6.07, 6.45) is -3.64. The van der Waals surface area contributed by atoms with Gasteiger partial charge in [0.2, 0.25) is 0 Å². The van der Waals surface area contributed by atoms with E-state index in [4.69, 9.17) is 4.42 Å². The Hall–Kier alpha value is -1.95. The highest BCUT2D eigenvalue weighted by Gasteiger charge is 2.30. The second kappa shape index (κ2) is 6.67. The Labute approximate surface area is 120 Å². The van der Waals surface area contributed by atoms with E-state index in [1.807, 2.05) is 6.07 Å². The zero-order chi connectivity index (χ0) is 15.3. The number of benzene rings is 1. The Morgan fingerprint density at radius 1 is 1.10 bits per heavy atom. The number of nitrogens with one attached hydrogen (secondary N) is 1. The third-order valence-corrected chi connectivity index (χ3v) is 2.76. The number of alkyl halides is 3. The monoisotopic (exact) mass is 299 g/mol. The summed E-state index contributed by atoms with van der Waals surface area (Å²) in [5, 5.41) is 3.21. The number of hydrogen-bond donors (Lipinski definition) is 1. The van der Waals surface area contributed by atoms with Crippen molar-refractivity contribution < 1.29 is 22.3 Å². The van der Waals surface area contributed by atoms with Crippen molar-refractivity contribution in [3.8, 4) is 17.1 Å². The molecule has 1 aromatic carbocycles. The minimum absolute atomic E-state index is 0.248. The van der Waals surface area contributed by atoms with Crippen molar-refractivity contribution in [2.24, 2.45) is 0 Å². The molecule has 21 heavy (non-hydrogen) atoms. The molecule has 0 fully saturated rings. The third kappa shape index (κ3) is 4.82. The van der Waals surface area contributed by atoms with E-state index in [1.165, 1.54) is 24.3 Å². The van der Waals surface area contributed by atoms with Crippen LogP contribution in [-0.2, 0) is 6.54 Å². The van der Waals surface area contributed by atoms with Gasteiger partial charge in [-0.2, -0.15) is 0 Å². The summed E-state index contributed by atoms with van der Waals surface area (Å²) in [4.78, 5) is 0. The molecule has 0 amide bonds. The molecular formula is C15H16F3NO2. The van der Waals surface area contributed by atoms with Crippen molar-refractivity contribution in [1.29, 1.82) is 0 Å². The van der Waals surface area contributed by atoms with Crippen molar-refractivity contribution in [3.63, 3.8) is 0 Å². The Bertz CT molecular complexity index is 561. The molecule has 1 N–H and O–H groups in total. The topological polar surface area (TPSA) is 34.4 Å². The van der Waals surface area contributed by atoms with Crippen LogP contribution in [0.5, 0.6) is 5.75 Å². The zero-order valence-corrected chi connectivity index (χ0v) is 11.5. The third-order valence-electron chi connectivity index (χ3n) is 2.76. The molecule has 6 heteroatoms. The van der Waals surface area contributed by atoms with Gasteiger partial charge in [0, 0.05) is 5.56 Å². The van der Waals surface area contributed by atoms with Crippen LogP contribution in [0.3, 0.4) is 0 Å². The lowest BCUT2D eigenvalue weighted by atomic mass is 10.2. The van der Waals surface area contributed by atoms with Crippen molar-refractivity contribution in [2.45, 2.75) is 26.3 Å². The first-order valence-electron chi connectivity index (χ1n) is 6.63. The molecule has 0 aliphatic heterocycles. The van der Waals surface area contributed by atoms with Crippen LogP contribution in [0.15, 0.2) is 40.8 Å². The number of ether oxygens (including phenoxy) is 1. The van der Waals surface area contributed by atoms with E-state index < -0.39 is 6.36 Å². The van der Waals surface area contributed by atoms with Crippen LogP contribution in [0.4, 0.5) is 13.2 Å². The maximum absolute atomic E-state index is 12.1. The van der Waals surface area contributed by atoms with Gasteiger partial charge >= 0.3 is 6.36 Å². The van der Waals surface area contributed by atoms with Crippen LogP contribution in [0, 0.1) is 0 Å². The van der Waals surface area contributed by atoms with E-state index in [-0.39, 0.29) is 5.75 Å². The lowest BCUT2D eigenvalue weighted by molar-refractivity contribution is -0.274. The predicted octanol–water partition coefficient (Wildman–Crippen LogP) is 4.34. The molecule has 0 saturated heterocycles. The molecule has 114 valence electrons. The molecule has 2 aromatic rings. The molecule has 0 spiro atoms. The average Bonchev–Trinajstić information content (AvgIpc) is 2.87. The highest BCUT2D eigenvalue weighted by Crippen LogP contribution is 2.27. The van der Waals surface area contributed by atoms with Crippen LogP contribution in [0.25, 0.3) is 11.3 Å². The van der Waals surface area contributed by atoms with Gasteiger partial charge in [0.1, 0.15) is 17.3 Å². The number of halogens is 3. The number of hydrogen-bond acceptors (Lipinski definition) is 3. The van der Waals surface area contributed by atoms with Gasteiger partial charge in [-0.3, -0.25) is 0 Å². The first-order valence-corrected chi connectivity index (χ1v) is 6.63. The SMILES string of the molecule is CCCNCc1ccc(-c2ccc(OC(F)(F)F)cc2)o1. The summed E-state index contributed by atoms with van der Waals surface area (Å²) in [5.74, 6) is 1.15. The highest BCUT2D eigenvalue weighted by atomic mass is 19.4. The summed E-state index contributed by atoms with van der Waals surface area (Å²) in [6.45, 7) is 3.60. The molecule has 1 aromatic heterocycles. The first kappa shape index (κ1) is 15.4. The van der Waals surface area contributed by atoms with E-state index in [0.717, 1.165) is 18.7 Å². The minimum Gasteiger partial charge on any atom is -0.460 e. The maximum Gasteiger partial charge on any atom is 0.573 e. The molecule has 3 nitrogen and oxygen atoms in total. The second-order valence-electron chi connectivity index (χ2n) is 4.51. The molecule has 0 atom stereocenters. The van der Waals surface area contributed by atoms with Crippen LogP contribution in [-0.4, -0.2) is 12.9 Å². The van der Waals surface area contributed by atoms with Gasteiger partial charge in [-0.05, 0) is 49.4 Å². The van der Waals surface area contributed by atoms with Gasteiger partial charge in [0.25, 0.3) is 0 Å². The quantitative estimate of drug-likeness (QED) is 0.805. The van der Waals surface area contributed by atoms with Gasteiger partial charge in [-0.25, -0.2) is 0 Å². The maximum atomic E-state index is 12.1. The van der Waals surface area contributed by atoms with Gasteiger partial charge < -0.3 is 14.5 Å². The molecule has 1 heterocycles. The smallest absolute Gasteiger partial charge is 0.460 e. The fourth-order valence-electron chi connectivity index (χ4n) is 1.84. The Morgan fingerprint density at radius 3 is 2.43 bits per heavy atom. The lowest BCUT2D eigenvalue weighted by Crippen LogP contribution is -2.16. The fraction of sp³-hybridized carbons (Fsp3) is 0.333. The first-order chi connectivity index (χ1) is 9.98. The number of rotatable bonds is 6. The molecule has 0 bridgehead atoms. The van der Waals surface area contributed by atoms with Crippen LogP contribution in [0.1, 0.15) is 19.1 Å². The Balaban J connectivity index is 2.02. The molecule has 0 aliphatic rings. The molecule has 2 rings (SSSR count). The molecule has 0 aliphatic carbocycles. The summed E-state index contributed by atoms with van der Waals surface area (Å²) in [6, 6.07) is 9.23. The summed E-state index contributed by atoms with van der Waals surface area (Å²) in [7, 11) is 0. The van der Waals surface area contributed by atoms with Gasteiger partial charge in [0.15, 0.2) is 0 Å². The minimum atomic E-state index is -4.68. The van der Waals surface area contributed by atoms with Crippen molar-refractivity contribution >= 4 is 0 Å². The molecule has 0 unspecified atom stereocenters. The predicted molar refractivity (Wildman–Crippen MR) is 72.8 cm³/mol. The van der Waals surface area contributed by atoms with Crippen molar-refractivity contribution in [3.05, 3.63) is 42.2 Å². The van der Waals surface area contributed by atoms with E-state index >= 15 is 0 Å². The van der Waals surface area contributed by atoms with Crippen LogP contribution >= 0.6 is 0 Å². The highest BCUT2D eigenvalue weighted by molar-refractivity contribution is 5.58. The summed E-state index contributed by atoms with van der Waals surface area (Å²) >= 11 is 0. The summed E-state index contributed by atoms with van der Waals surface area (Å²) < 4.78 is 45.7. The van der Waals surface area contributed by atoms with E-state index in [0.29, 0.717) is 17.9 Å². The summed E-state index contributed by atoms with van der Waals surface area (Å²) in [5.41, 5.74) is 0.700. The fourth-order valence-corrected chi connectivity index (χ4v) is 1.84.